The molecule has 0 spiro atoms. The van der Waals surface area contributed by atoms with Crippen molar-refractivity contribution in [2.45, 2.75) is 64.7 Å². The summed E-state index contributed by atoms with van der Waals surface area (Å²) < 4.78 is 38.8. The average molecular weight is 505 g/mol. The Labute approximate surface area is 208 Å². The van der Waals surface area contributed by atoms with Crippen LogP contribution in [0, 0.1) is 5.92 Å². The first kappa shape index (κ1) is 26.7. The largest absolute Gasteiger partial charge is 0.449 e. The SMILES string of the molecule is CCOC[C@H](CC(C)C)N(C(=O)OCC)S(=O)(=O)c1ccc(CN2c3ccncc3NC2C)cc1. The van der Waals surface area contributed by atoms with E-state index < -0.39 is 22.2 Å². The van der Waals surface area contributed by atoms with Gasteiger partial charge < -0.3 is 19.7 Å². The molecule has 0 bridgehead atoms. The Morgan fingerprint density at radius 2 is 1.89 bits per heavy atom. The van der Waals surface area contributed by atoms with Gasteiger partial charge in [0.25, 0.3) is 10.0 Å². The van der Waals surface area contributed by atoms with Gasteiger partial charge in [0.05, 0.1) is 47.9 Å². The summed E-state index contributed by atoms with van der Waals surface area (Å²) in [5.41, 5.74) is 2.96. The van der Waals surface area contributed by atoms with E-state index in [4.69, 9.17) is 9.47 Å². The third kappa shape index (κ3) is 6.24. The summed E-state index contributed by atoms with van der Waals surface area (Å²) >= 11 is 0. The van der Waals surface area contributed by atoms with Crippen LogP contribution < -0.4 is 10.2 Å². The molecule has 0 aliphatic carbocycles. The highest BCUT2D eigenvalue weighted by Gasteiger charge is 2.37. The van der Waals surface area contributed by atoms with E-state index in [1.54, 1.807) is 43.6 Å². The molecule has 3 rings (SSSR count). The fourth-order valence-electron chi connectivity index (χ4n) is 4.22. The van der Waals surface area contributed by atoms with Crippen molar-refractivity contribution in [3.8, 4) is 0 Å². The van der Waals surface area contributed by atoms with Gasteiger partial charge in [0, 0.05) is 19.3 Å². The molecule has 1 amide bonds. The lowest BCUT2D eigenvalue weighted by Crippen LogP contribution is -2.47. The molecule has 1 aliphatic rings. The minimum atomic E-state index is -4.16. The number of amides is 1. The van der Waals surface area contributed by atoms with Crippen LogP contribution in [-0.2, 0) is 26.0 Å². The third-order valence-electron chi connectivity index (χ3n) is 5.81. The molecule has 0 saturated heterocycles. The van der Waals surface area contributed by atoms with E-state index in [1.165, 1.54) is 0 Å². The maximum Gasteiger partial charge on any atom is 0.424 e. The van der Waals surface area contributed by atoms with Gasteiger partial charge in [-0.3, -0.25) is 4.98 Å². The number of hydrogen-bond donors (Lipinski definition) is 1. The molecule has 9 nitrogen and oxygen atoms in total. The molecule has 1 aromatic heterocycles. The van der Waals surface area contributed by atoms with Crippen LogP contribution in [-0.4, -0.2) is 55.8 Å². The Morgan fingerprint density at radius 3 is 2.51 bits per heavy atom. The number of aromatic nitrogens is 1. The Balaban J connectivity index is 1.87. The van der Waals surface area contributed by atoms with Crippen molar-refractivity contribution in [1.29, 1.82) is 0 Å². The first-order valence-electron chi connectivity index (χ1n) is 12.0. The van der Waals surface area contributed by atoms with E-state index in [9.17, 15) is 13.2 Å². The molecule has 0 radical (unpaired) electrons. The lowest BCUT2D eigenvalue weighted by atomic mass is 10.0. The summed E-state index contributed by atoms with van der Waals surface area (Å²) in [6.07, 6.45) is 3.20. The second-order valence-electron chi connectivity index (χ2n) is 8.93. The number of carbonyl (C=O) groups is 1. The summed E-state index contributed by atoms with van der Waals surface area (Å²) in [4.78, 5) is 19.2. The van der Waals surface area contributed by atoms with Crippen LogP contribution in [0.1, 0.15) is 46.6 Å². The number of carbonyl (C=O) groups excluding carboxylic acids is 1. The van der Waals surface area contributed by atoms with Crippen molar-refractivity contribution in [1.82, 2.24) is 9.29 Å². The highest BCUT2D eigenvalue weighted by atomic mass is 32.2. The van der Waals surface area contributed by atoms with Crippen LogP contribution in [0.2, 0.25) is 0 Å². The van der Waals surface area contributed by atoms with Crippen LogP contribution in [0.3, 0.4) is 0 Å². The Kier molecular flexibility index (Phi) is 8.96. The topological polar surface area (TPSA) is 101 Å². The van der Waals surface area contributed by atoms with Crippen molar-refractivity contribution < 1.29 is 22.7 Å². The molecule has 1 aliphatic heterocycles. The molecule has 1 unspecified atom stereocenters. The quantitative estimate of drug-likeness (QED) is 0.479. The van der Waals surface area contributed by atoms with Gasteiger partial charge in [-0.2, -0.15) is 4.31 Å². The first-order chi connectivity index (χ1) is 16.7. The molecule has 35 heavy (non-hydrogen) atoms. The number of fused-ring (bicyclic) bond motifs is 1. The van der Waals surface area contributed by atoms with Gasteiger partial charge in [0.15, 0.2) is 0 Å². The zero-order valence-electron chi connectivity index (χ0n) is 21.1. The number of nitrogens with one attached hydrogen (secondary N) is 1. The van der Waals surface area contributed by atoms with E-state index in [0.717, 1.165) is 21.2 Å². The van der Waals surface area contributed by atoms with E-state index in [0.29, 0.717) is 19.6 Å². The molecule has 192 valence electrons. The summed E-state index contributed by atoms with van der Waals surface area (Å²) in [7, 11) is -4.16. The van der Waals surface area contributed by atoms with Gasteiger partial charge in [0.1, 0.15) is 0 Å². The van der Waals surface area contributed by atoms with Gasteiger partial charge >= 0.3 is 6.09 Å². The number of pyridine rings is 1. The van der Waals surface area contributed by atoms with Crippen molar-refractivity contribution in [3.05, 3.63) is 48.3 Å². The summed E-state index contributed by atoms with van der Waals surface area (Å²) in [5.74, 6) is 0.157. The van der Waals surface area contributed by atoms with Crippen LogP contribution in [0.4, 0.5) is 16.2 Å². The number of anilines is 2. The predicted molar refractivity (Wildman–Crippen MR) is 136 cm³/mol. The number of nitrogens with zero attached hydrogens (tertiary/aromatic N) is 3. The van der Waals surface area contributed by atoms with Crippen LogP contribution >= 0.6 is 0 Å². The number of ether oxygens (including phenoxy) is 2. The number of hydrogen-bond acceptors (Lipinski definition) is 8. The summed E-state index contributed by atoms with van der Waals surface area (Å²) in [5, 5.41) is 3.38. The number of rotatable bonds is 11. The fourth-order valence-corrected chi connectivity index (χ4v) is 5.72. The van der Waals surface area contributed by atoms with Gasteiger partial charge in [-0.05, 0) is 56.9 Å². The maximum absolute atomic E-state index is 13.6. The highest BCUT2D eigenvalue weighted by molar-refractivity contribution is 7.89. The number of benzene rings is 1. The zero-order chi connectivity index (χ0) is 25.6. The van der Waals surface area contributed by atoms with Crippen LogP contribution in [0.25, 0.3) is 0 Å². The standard InChI is InChI=1S/C25H36N4O5S/c1-6-33-17-21(14-18(3)4)29(25(30)34-7-2)35(31,32)22-10-8-20(9-11-22)16-28-19(5)27-23-15-26-13-12-24(23)28/h8-13,15,18-19,21,27H,6-7,14,16-17H2,1-5H3/t19?,21-/m0/s1. The average Bonchev–Trinajstić information content (AvgIpc) is 3.12. The molecule has 2 atom stereocenters. The molecule has 2 aromatic rings. The summed E-state index contributed by atoms with van der Waals surface area (Å²) in [6, 6.07) is 7.94. The molecular formula is C25H36N4O5S. The molecule has 0 fully saturated rings. The van der Waals surface area contributed by atoms with E-state index in [1.807, 2.05) is 26.8 Å². The van der Waals surface area contributed by atoms with Gasteiger partial charge in [-0.15, -0.1) is 0 Å². The Bertz CT molecular complexity index is 1090. The normalized spacial score (nSPS) is 16.1. The minimum absolute atomic E-state index is 0.0387. The van der Waals surface area contributed by atoms with Crippen LogP contribution in [0.15, 0.2) is 47.6 Å². The van der Waals surface area contributed by atoms with E-state index in [-0.39, 0.29) is 30.2 Å². The monoisotopic (exact) mass is 504 g/mol. The van der Waals surface area contributed by atoms with Crippen molar-refractivity contribution in [2.24, 2.45) is 5.92 Å². The molecule has 1 aromatic carbocycles. The maximum atomic E-state index is 13.6. The number of sulfonamides is 1. The fraction of sp³-hybridized carbons (Fsp3) is 0.520. The zero-order valence-corrected chi connectivity index (χ0v) is 21.9. The van der Waals surface area contributed by atoms with Crippen LogP contribution in [0.5, 0.6) is 0 Å². The highest BCUT2D eigenvalue weighted by Crippen LogP contribution is 2.34. The minimum Gasteiger partial charge on any atom is -0.449 e. The van der Waals surface area contributed by atoms with E-state index >= 15 is 0 Å². The molecule has 10 heteroatoms. The summed E-state index contributed by atoms with van der Waals surface area (Å²) in [6.45, 7) is 10.7. The molecule has 1 N–H and O–H groups in total. The van der Waals surface area contributed by atoms with Gasteiger partial charge in [0.2, 0.25) is 0 Å². The second-order valence-corrected chi connectivity index (χ2v) is 10.7. The molecule has 0 saturated carbocycles. The van der Waals surface area contributed by atoms with Gasteiger partial charge in [-0.1, -0.05) is 26.0 Å². The Hall–Kier alpha value is -2.85. The second kappa shape index (κ2) is 11.7. The van der Waals surface area contributed by atoms with Crippen molar-refractivity contribution in [2.75, 3.05) is 30.0 Å². The predicted octanol–water partition coefficient (Wildman–Crippen LogP) is 4.46. The van der Waals surface area contributed by atoms with Gasteiger partial charge in [-0.25, -0.2) is 13.2 Å². The lowest BCUT2D eigenvalue weighted by molar-refractivity contribution is 0.0719. The first-order valence-corrected chi connectivity index (χ1v) is 13.5. The van der Waals surface area contributed by atoms with E-state index in [2.05, 4.69) is 22.1 Å². The lowest BCUT2D eigenvalue weighted by Gasteiger charge is -2.31. The Morgan fingerprint density at radius 1 is 1.17 bits per heavy atom. The smallest absolute Gasteiger partial charge is 0.424 e. The third-order valence-corrected chi connectivity index (χ3v) is 7.64. The molecule has 2 heterocycles. The molecular weight excluding hydrogens is 468 g/mol. The van der Waals surface area contributed by atoms with Crippen molar-refractivity contribution >= 4 is 27.5 Å². The van der Waals surface area contributed by atoms with Crippen molar-refractivity contribution in [3.63, 3.8) is 0 Å².